The Morgan fingerprint density at radius 1 is 1.18 bits per heavy atom. The van der Waals surface area contributed by atoms with E-state index in [1.807, 2.05) is 12.1 Å². The minimum atomic E-state index is -0.835. The summed E-state index contributed by atoms with van der Waals surface area (Å²) >= 11 is 0. The molecule has 0 aromatic heterocycles. The van der Waals surface area contributed by atoms with Crippen LogP contribution in [0.15, 0.2) is 24.0 Å². The molecule has 4 aliphatic rings. The minimum absolute atomic E-state index is 0.113. The van der Waals surface area contributed by atoms with Gasteiger partial charge in [0.1, 0.15) is 11.9 Å². The van der Waals surface area contributed by atoms with Crippen molar-refractivity contribution in [2.45, 2.75) is 36.8 Å². The van der Waals surface area contributed by atoms with Gasteiger partial charge in [0, 0.05) is 12.5 Å². The van der Waals surface area contributed by atoms with E-state index in [1.54, 1.807) is 0 Å². The number of fused-ring (bicyclic) bond motifs is 3. The molecule has 1 aromatic carbocycles. The van der Waals surface area contributed by atoms with E-state index in [4.69, 9.17) is 9.47 Å². The molecule has 0 radical (unpaired) electrons. The average Bonchev–Trinajstić information content (AvgIpc) is 3.15. The van der Waals surface area contributed by atoms with Gasteiger partial charge >= 0.3 is 0 Å². The summed E-state index contributed by atoms with van der Waals surface area (Å²) in [7, 11) is 0. The number of hydrogen-bond acceptors (Lipinski definition) is 5. The Morgan fingerprint density at radius 2 is 2.00 bits per heavy atom. The quantitative estimate of drug-likeness (QED) is 0.764. The fraction of sp³-hybridized carbons (Fsp3) is 0.529. The third kappa shape index (κ3) is 1.45. The molecular weight excluding hydrogens is 282 g/mol. The average molecular weight is 301 g/mol. The molecule has 1 fully saturated rings. The molecule has 1 saturated heterocycles. The Kier molecular flexibility index (Phi) is 2.43. The van der Waals surface area contributed by atoms with Crippen LogP contribution in [0.25, 0.3) is 0 Å². The van der Waals surface area contributed by atoms with Crippen molar-refractivity contribution >= 4 is 0 Å². The Hall–Kier alpha value is -1.72. The molecule has 2 N–H and O–H groups in total. The highest BCUT2D eigenvalue weighted by atomic mass is 16.7. The van der Waals surface area contributed by atoms with Crippen LogP contribution in [0, 0.1) is 0 Å². The lowest BCUT2D eigenvalue weighted by Crippen LogP contribution is -2.46. The van der Waals surface area contributed by atoms with E-state index in [9.17, 15) is 10.2 Å². The summed E-state index contributed by atoms with van der Waals surface area (Å²) in [5.41, 5.74) is 2.05. The molecule has 0 unspecified atom stereocenters. The maximum absolute atomic E-state index is 10.6. The summed E-state index contributed by atoms with van der Waals surface area (Å²) in [6.45, 7) is 2.22. The van der Waals surface area contributed by atoms with Crippen LogP contribution in [0.2, 0.25) is 0 Å². The zero-order valence-electron chi connectivity index (χ0n) is 12.3. The summed E-state index contributed by atoms with van der Waals surface area (Å²) in [6.07, 6.45) is 4.08. The van der Waals surface area contributed by atoms with Crippen molar-refractivity contribution in [3.05, 3.63) is 35.1 Å². The largest absolute Gasteiger partial charge is 0.510 e. The van der Waals surface area contributed by atoms with Gasteiger partial charge in [0.05, 0.1) is 5.54 Å². The fourth-order valence-corrected chi connectivity index (χ4v) is 4.83. The van der Waals surface area contributed by atoms with Crippen molar-refractivity contribution in [2.75, 3.05) is 19.9 Å². The first-order chi connectivity index (χ1) is 10.7. The summed E-state index contributed by atoms with van der Waals surface area (Å²) < 4.78 is 11.0. The first-order valence-electron chi connectivity index (χ1n) is 7.96. The minimum Gasteiger partial charge on any atom is -0.510 e. The second kappa shape index (κ2) is 4.18. The molecule has 1 aliphatic carbocycles. The Labute approximate surface area is 128 Å². The van der Waals surface area contributed by atoms with Gasteiger partial charge in [-0.3, -0.25) is 4.90 Å². The van der Waals surface area contributed by atoms with E-state index in [0.717, 1.165) is 49.4 Å². The molecular formula is C17H19NO4. The molecule has 5 heteroatoms. The van der Waals surface area contributed by atoms with Crippen molar-refractivity contribution in [1.82, 2.24) is 4.90 Å². The SMILES string of the molecule is OC1=C[C@]23CCCN2CCc2cc4c(cc2[C@@H]3[C@@H]1O)OCO4. The molecule has 0 bridgehead atoms. The van der Waals surface area contributed by atoms with Crippen molar-refractivity contribution in [1.29, 1.82) is 0 Å². The van der Waals surface area contributed by atoms with Crippen LogP contribution in [-0.4, -0.2) is 46.6 Å². The number of nitrogens with zero attached hydrogens (tertiary/aromatic N) is 1. The highest BCUT2D eigenvalue weighted by Crippen LogP contribution is 2.54. The van der Waals surface area contributed by atoms with Crippen LogP contribution in [0.4, 0.5) is 0 Å². The molecule has 116 valence electrons. The van der Waals surface area contributed by atoms with E-state index in [0.29, 0.717) is 0 Å². The summed E-state index contributed by atoms with van der Waals surface area (Å²) in [4.78, 5) is 2.43. The van der Waals surface area contributed by atoms with Crippen molar-refractivity contribution in [3.63, 3.8) is 0 Å². The van der Waals surface area contributed by atoms with Gasteiger partial charge in [-0.05, 0) is 55.1 Å². The number of aliphatic hydroxyl groups excluding tert-OH is 2. The monoisotopic (exact) mass is 301 g/mol. The molecule has 5 nitrogen and oxygen atoms in total. The Balaban J connectivity index is 1.72. The fourth-order valence-electron chi connectivity index (χ4n) is 4.83. The predicted octanol–water partition coefficient (Wildman–Crippen LogP) is 1.71. The number of ether oxygens (including phenoxy) is 2. The van der Waals surface area contributed by atoms with Crippen LogP contribution in [0.5, 0.6) is 11.5 Å². The van der Waals surface area contributed by atoms with Crippen LogP contribution in [0.1, 0.15) is 29.9 Å². The summed E-state index contributed by atoms with van der Waals surface area (Å²) in [5.74, 6) is 1.53. The van der Waals surface area contributed by atoms with Gasteiger partial charge in [-0.1, -0.05) is 0 Å². The molecule has 22 heavy (non-hydrogen) atoms. The predicted molar refractivity (Wildman–Crippen MR) is 79.3 cm³/mol. The zero-order valence-corrected chi connectivity index (χ0v) is 12.3. The second-order valence-corrected chi connectivity index (χ2v) is 6.73. The van der Waals surface area contributed by atoms with Gasteiger partial charge in [0.25, 0.3) is 0 Å². The van der Waals surface area contributed by atoms with E-state index in [2.05, 4.69) is 11.0 Å². The zero-order chi connectivity index (χ0) is 14.9. The van der Waals surface area contributed by atoms with Crippen molar-refractivity contribution in [3.8, 4) is 11.5 Å². The molecule has 5 rings (SSSR count). The number of aliphatic hydroxyl groups is 2. The number of rotatable bonds is 0. The topological polar surface area (TPSA) is 62.2 Å². The summed E-state index contributed by atoms with van der Waals surface area (Å²) in [6, 6.07) is 4.07. The van der Waals surface area contributed by atoms with E-state index in [-0.39, 0.29) is 24.0 Å². The number of hydrogen-bond donors (Lipinski definition) is 2. The summed E-state index contributed by atoms with van der Waals surface area (Å²) in [5, 5.41) is 20.8. The molecule has 3 aliphatic heterocycles. The Morgan fingerprint density at radius 3 is 2.86 bits per heavy atom. The van der Waals surface area contributed by atoms with Gasteiger partial charge in [-0.15, -0.1) is 0 Å². The maximum atomic E-state index is 10.6. The lowest BCUT2D eigenvalue weighted by molar-refractivity contribution is 0.0861. The molecule has 1 spiro atoms. The smallest absolute Gasteiger partial charge is 0.231 e. The molecule has 3 atom stereocenters. The maximum Gasteiger partial charge on any atom is 0.231 e. The highest BCUT2D eigenvalue weighted by Gasteiger charge is 2.55. The van der Waals surface area contributed by atoms with E-state index < -0.39 is 6.10 Å². The van der Waals surface area contributed by atoms with Gasteiger partial charge in [0.15, 0.2) is 11.5 Å². The van der Waals surface area contributed by atoms with Crippen molar-refractivity contribution in [2.24, 2.45) is 0 Å². The van der Waals surface area contributed by atoms with Crippen LogP contribution in [0.3, 0.4) is 0 Å². The van der Waals surface area contributed by atoms with Crippen molar-refractivity contribution < 1.29 is 19.7 Å². The van der Waals surface area contributed by atoms with Crippen LogP contribution in [-0.2, 0) is 6.42 Å². The van der Waals surface area contributed by atoms with E-state index in [1.165, 1.54) is 5.56 Å². The van der Waals surface area contributed by atoms with Gasteiger partial charge < -0.3 is 19.7 Å². The van der Waals surface area contributed by atoms with Crippen LogP contribution >= 0.6 is 0 Å². The molecule has 3 heterocycles. The first-order valence-corrected chi connectivity index (χ1v) is 7.96. The first kappa shape index (κ1) is 12.8. The lowest BCUT2D eigenvalue weighted by atomic mass is 9.78. The highest BCUT2D eigenvalue weighted by molar-refractivity contribution is 5.54. The van der Waals surface area contributed by atoms with E-state index >= 15 is 0 Å². The third-order valence-electron chi connectivity index (χ3n) is 5.77. The Bertz CT molecular complexity index is 685. The second-order valence-electron chi connectivity index (χ2n) is 6.73. The van der Waals surface area contributed by atoms with Gasteiger partial charge in [-0.25, -0.2) is 0 Å². The normalized spacial score (nSPS) is 35.6. The van der Waals surface area contributed by atoms with Gasteiger partial charge in [0.2, 0.25) is 6.79 Å². The molecule has 1 aromatic rings. The molecule has 0 saturated carbocycles. The number of benzene rings is 1. The van der Waals surface area contributed by atoms with Gasteiger partial charge in [-0.2, -0.15) is 0 Å². The molecule has 0 amide bonds. The third-order valence-corrected chi connectivity index (χ3v) is 5.77. The standard InChI is InChI=1S/C17H19NO4/c19-12-8-17-3-1-4-18(17)5-2-10-6-13-14(22-9-21-13)7-11(10)15(17)16(12)20/h6-8,15-16,19-20H,1-5,9H2/t15-,16-,17+/m1/s1. The lowest BCUT2D eigenvalue weighted by Gasteiger charge is -2.38. The van der Waals surface area contributed by atoms with Crippen LogP contribution < -0.4 is 9.47 Å².